The molecule has 2 N–H and O–H groups in total. The number of unbranched alkanes of at least 4 members (excludes halogenated alkanes) is 8. The molecule has 0 fully saturated rings. The number of aliphatic carboxylic acids is 1. The molecule has 2 atom stereocenters. The fourth-order valence-corrected chi connectivity index (χ4v) is 3.64. The Hall–Kier alpha value is -1.39. The molecule has 0 aliphatic heterocycles. The maximum Gasteiger partial charge on any atom is 0.305 e. The monoisotopic (exact) mass is 406 g/mol. The van der Waals surface area contributed by atoms with E-state index < -0.39 is 5.97 Å². The maximum atomic E-state index is 11.1. The summed E-state index contributed by atoms with van der Waals surface area (Å²) in [5, 5.41) is 19.1. The number of hydrogen-bond acceptors (Lipinski definition) is 3. The van der Waals surface area contributed by atoms with Gasteiger partial charge < -0.3 is 14.9 Å². The van der Waals surface area contributed by atoms with E-state index in [4.69, 9.17) is 9.84 Å². The average molecular weight is 407 g/mol. The number of ether oxygens (including phenoxy) is 1. The van der Waals surface area contributed by atoms with E-state index in [9.17, 15) is 9.90 Å². The van der Waals surface area contributed by atoms with Gasteiger partial charge in [-0.05, 0) is 24.8 Å². The Kier molecular flexibility index (Phi) is 15.4. The van der Waals surface area contributed by atoms with Gasteiger partial charge in [0.05, 0.1) is 25.2 Å². The van der Waals surface area contributed by atoms with Gasteiger partial charge in [0.15, 0.2) is 0 Å². The second kappa shape index (κ2) is 17.5. The molecule has 29 heavy (non-hydrogen) atoms. The first kappa shape index (κ1) is 25.6. The predicted molar refractivity (Wildman–Crippen MR) is 119 cm³/mol. The number of aliphatic hydroxyl groups is 1. The maximum absolute atomic E-state index is 11.1. The highest BCUT2D eigenvalue weighted by Crippen LogP contribution is 2.16. The lowest BCUT2D eigenvalue weighted by Crippen LogP contribution is -2.17. The van der Waals surface area contributed by atoms with Crippen molar-refractivity contribution in [2.45, 2.75) is 116 Å². The Morgan fingerprint density at radius 1 is 0.862 bits per heavy atom. The van der Waals surface area contributed by atoms with Crippen LogP contribution < -0.4 is 0 Å². The molecular formula is C25H42O4. The van der Waals surface area contributed by atoms with Gasteiger partial charge in [0.1, 0.15) is 0 Å². The van der Waals surface area contributed by atoms with Gasteiger partial charge in [-0.15, -0.1) is 0 Å². The van der Waals surface area contributed by atoms with Crippen molar-refractivity contribution in [3.63, 3.8) is 0 Å². The number of benzene rings is 1. The normalized spacial score (nSPS) is 13.3. The van der Waals surface area contributed by atoms with Crippen molar-refractivity contribution in [3.8, 4) is 0 Å². The summed E-state index contributed by atoms with van der Waals surface area (Å²) < 4.78 is 5.85. The molecule has 166 valence electrons. The highest BCUT2D eigenvalue weighted by Gasteiger charge is 2.13. The summed E-state index contributed by atoms with van der Waals surface area (Å²) in [5.41, 5.74) is 1.08. The highest BCUT2D eigenvalue weighted by atomic mass is 16.5. The summed E-state index contributed by atoms with van der Waals surface area (Å²) in [6, 6.07) is 9.90. The van der Waals surface area contributed by atoms with Crippen LogP contribution in [0.25, 0.3) is 0 Å². The van der Waals surface area contributed by atoms with Gasteiger partial charge in [0, 0.05) is 0 Å². The van der Waals surface area contributed by atoms with Crippen molar-refractivity contribution < 1.29 is 19.7 Å². The molecule has 0 bridgehead atoms. The van der Waals surface area contributed by atoms with E-state index in [-0.39, 0.29) is 18.6 Å². The number of carboxylic acids is 1. The van der Waals surface area contributed by atoms with E-state index in [1.165, 1.54) is 38.5 Å². The fourth-order valence-electron chi connectivity index (χ4n) is 3.64. The van der Waals surface area contributed by atoms with Crippen molar-refractivity contribution in [1.82, 2.24) is 0 Å². The van der Waals surface area contributed by atoms with E-state index in [1.54, 1.807) is 0 Å². The van der Waals surface area contributed by atoms with Crippen LogP contribution in [0.5, 0.6) is 0 Å². The van der Waals surface area contributed by atoms with Crippen LogP contribution >= 0.6 is 0 Å². The summed E-state index contributed by atoms with van der Waals surface area (Å²) in [4.78, 5) is 11.1. The van der Waals surface area contributed by atoms with Crippen molar-refractivity contribution in [1.29, 1.82) is 0 Å². The Balaban J connectivity index is 2.04. The first-order valence-electron chi connectivity index (χ1n) is 11.7. The van der Waals surface area contributed by atoms with E-state index in [1.807, 2.05) is 30.3 Å². The first-order valence-corrected chi connectivity index (χ1v) is 11.7. The molecule has 0 aliphatic rings. The second-order valence-corrected chi connectivity index (χ2v) is 8.22. The van der Waals surface area contributed by atoms with Crippen LogP contribution in [0, 0.1) is 0 Å². The van der Waals surface area contributed by atoms with Gasteiger partial charge in [0.25, 0.3) is 0 Å². The minimum absolute atomic E-state index is 0.0724. The van der Waals surface area contributed by atoms with Gasteiger partial charge in [-0.1, -0.05) is 101 Å². The summed E-state index contributed by atoms with van der Waals surface area (Å²) in [6.07, 6.45) is 14.1. The van der Waals surface area contributed by atoms with Crippen LogP contribution in [0.4, 0.5) is 0 Å². The van der Waals surface area contributed by atoms with E-state index in [0.717, 1.165) is 50.5 Å². The average Bonchev–Trinajstić information content (AvgIpc) is 2.71. The molecule has 1 aromatic carbocycles. The van der Waals surface area contributed by atoms with Crippen molar-refractivity contribution in [2.75, 3.05) is 0 Å². The van der Waals surface area contributed by atoms with Crippen LogP contribution in [-0.2, 0) is 16.1 Å². The van der Waals surface area contributed by atoms with Gasteiger partial charge in [-0.2, -0.15) is 0 Å². The molecule has 0 aliphatic carbocycles. The van der Waals surface area contributed by atoms with Gasteiger partial charge in [0.2, 0.25) is 0 Å². The van der Waals surface area contributed by atoms with Crippen LogP contribution in [0.2, 0.25) is 0 Å². The first-order chi connectivity index (χ1) is 14.1. The third-order valence-electron chi connectivity index (χ3n) is 5.44. The number of aliphatic hydroxyl groups excluding tert-OH is 1. The van der Waals surface area contributed by atoms with Gasteiger partial charge >= 0.3 is 5.97 Å². The molecule has 0 spiro atoms. The largest absolute Gasteiger partial charge is 0.481 e. The molecule has 1 aromatic rings. The second-order valence-electron chi connectivity index (χ2n) is 8.22. The Morgan fingerprint density at radius 3 is 2.00 bits per heavy atom. The van der Waals surface area contributed by atoms with Crippen LogP contribution in [0.15, 0.2) is 30.3 Å². The minimum Gasteiger partial charge on any atom is -0.481 e. The molecule has 0 saturated carbocycles. The Labute approximate surface area is 177 Å². The number of carbonyl (C=O) groups is 1. The molecule has 1 rings (SSSR count). The molecule has 0 saturated heterocycles. The molecule has 2 unspecified atom stereocenters. The lowest BCUT2D eigenvalue weighted by atomic mass is 10.0. The van der Waals surface area contributed by atoms with Crippen LogP contribution in [0.3, 0.4) is 0 Å². The Bertz CT molecular complexity index is 503. The third kappa shape index (κ3) is 15.2. The zero-order chi connectivity index (χ0) is 21.2. The van der Waals surface area contributed by atoms with Crippen molar-refractivity contribution in [3.05, 3.63) is 35.9 Å². The lowest BCUT2D eigenvalue weighted by molar-refractivity contribution is -0.140. The topological polar surface area (TPSA) is 66.8 Å². The summed E-state index contributed by atoms with van der Waals surface area (Å²) >= 11 is 0. The van der Waals surface area contributed by atoms with Crippen molar-refractivity contribution >= 4 is 5.97 Å². The quantitative estimate of drug-likeness (QED) is 0.257. The van der Waals surface area contributed by atoms with Crippen LogP contribution in [0.1, 0.15) is 102 Å². The van der Waals surface area contributed by atoms with Crippen molar-refractivity contribution in [2.24, 2.45) is 0 Å². The summed E-state index contributed by atoms with van der Waals surface area (Å²) in [6.45, 7) is 2.68. The fraction of sp³-hybridized carbons (Fsp3) is 0.720. The summed E-state index contributed by atoms with van der Waals surface area (Å²) in [5.74, 6) is -0.795. The number of carboxylic acid groups (broad SMARTS) is 1. The Morgan fingerprint density at radius 2 is 1.41 bits per heavy atom. The lowest BCUT2D eigenvalue weighted by Gasteiger charge is -2.16. The molecular weight excluding hydrogens is 364 g/mol. The van der Waals surface area contributed by atoms with E-state index in [0.29, 0.717) is 6.61 Å². The SMILES string of the molecule is CCCCCCC(O)CCCCCCCCC(CC(=O)O)OCc1ccccc1. The third-order valence-corrected chi connectivity index (χ3v) is 5.44. The molecule has 0 radical (unpaired) electrons. The van der Waals surface area contributed by atoms with Crippen LogP contribution in [-0.4, -0.2) is 28.4 Å². The molecule has 0 amide bonds. The number of rotatable bonds is 19. The van der Waals surface area contributed by atoms with E-state index >= 15 is 0 Å². The zero-order valence-electron chi connectivity index (χ0n) is 18.4. The predicted octanol–water partition coefficient (Wildman–Crippen LogP) is 6.50. The molecule has 0 heterocycles. The highest BCUT2D eigenvalue weighted by molar-refractivity contribution is 5.67. The van der Waals surface area contributed by atoms with E-state index in [2.05, 4.69) is 6.92 Å². The standard InChI is InChI=1S/C25H42O4/c1-2-3-4-12-17-23(26)18-13-7-5-6-8-14-19-24(20-25(27)28)29-21-22-15-10-9-11-16-22/h9-11,15-16,23-24,26H,2-8,12-14,17-21H2,1H3,(H,27,28). The minimum atomic E-state index is -0.795. The molecule has 4 nitrogen and oxygen atoms in total. The smallest absolute Gasteiger partial charge is 0.305 e. The summed E-state index contributed by atoms with van der Waals surface area (Å²) in [7, 11) is 0. The molecule has 4 heteroatoms. The number of hydrogen-bond donors (Lipinski definition) is 2. The van der Waals surface area contributed by atoms with Gasteiger partial charge in [-0.25, -0.2) is 0 Å². The molecule has 0 aromatic heterocycles. The van der Waals surface area contributed by atoms with Gasteiger partial charge in [-0.3, -0.25) is 4.79 Å². The zero-order valence-corrected chi connectivity index (χ0v) is 18.4.